The van der Waals surface area contributed by atoms with Gasteiger partial charge in [-0.25, -0.2) is 0 Å². The molecule has 0 amide bonds. The molecule has 1 nitrogen and oxygen atoms in total. The van der Waals surface area contributed by atoms with Crippen molar-refractivity contribution in [3.8, 4) is 0 Å². The molecule has 0 unspecified atom stereocenters. The molecule has 0 spiro atoms. The summed E-state index contributed by atoms with van der Waals surface area (Å²) in [6.45, 7) is 4.00. The lowest BCUT2D eigenvalue weighted by molar-refractivity contribution is -0.137. The van der Waals surface area contributed by atoms with Crippen LogP contribution >= 0.6 is 0 Å². The van der Waals surface area contributed by atoms with E-state index in [2.05, 4.69) is 0 Å². The summed E-state index contributed by atoms with van der Waals surface area (Å²) in [5.74, 6) is 0. The summed E-state index contributed by atoms with van der Waals surface area (Å²) >= 11 is 0. The molecule has 0 saturated heterocycles. The number of anilines is 2. The van der Waals surface area contributed by atoms with Crippen LogP contribution in [0, 0.1) is 0 Å². The first kappa shape index (κ1) is 16.1. The van der Waals surface area contributed by atoms with E-state index >= 15 is 0 Å². The van der Waals surface area contributed by atoms with Crippen molar-refractivity contribution in [2.24, 2.45) is 0 Å². The molecule has 0 N–H and O–H groups in total. The van der Waals surface area contributed by atoms with Gasteiger partial charge in [0.2, 0.25) is 0 Å². The number of para-hydroxylation sites is 1. The Bertz CT molecular complexity index is 503. The summed E-state index contributed by atoms with van der Waals surface area (Å²) in [7, 11) is 1.82. The Morgan fingerprint density at radius 3 is 1.65 bits per heavy atom. The van der Waals surface area contributed by atoms with Gasteiger partial charge < -0.3 is 4.90 Å². The SMILES string of the molecule is CC.CN(c1ccccc1)c1ccc(C(F)(F)F)cc1. The summed E-state index contributed by atoms with van der Waals surface area (Å²) in [4.78, 5) is 1.83. The van der Waals surface area contributed by atoms with Gasteiger partial charge in [0.25, 0.3) is 0 Å². The zero-order valence-corrected chi connectivity index (χ0v) is 11.8. The molecular weight excluding hydrogens is 263 g/mol. The van der Waals surface area contributed by atoms with Crippen LogP contribution in [0.3, 0.4) is 0 Å². The lowest BCUT2D eigenvalue weighted by atomic mass is 10.2. The molecule has 2 rings (SSSR count). The quantitative estimate of drug-likeness (QED) is 0.702. The molecule has 0 saturated carbocycles. The summed E-state index contributed by atoms with van der Waals surface area (Å²) in [6.07, 6.45) is -4.29. The van der Waals surface area contributed by atoms with Gasteiger partial charge in [-0.05, 0) is 36.4 Å². The van der Waals surface area contributed by atoms with E-state index < -0.39 is 11.7 Å². The first-order valence-corrected chi connectivity index (χ1v) is 6.44. The van der Waals surface area contributed by atoms with E-state index in [1.54, 1.807) is 0 Å². The smallest absolute Gasteiger partial charge is 0.345 e. The molecule has 108 valence electrons. The van der Waals surface area contributed by atoms with Gasteiger partial charge in [0.1, 0.15) is 0 Å². The minimum absolute atomic E-state index is 0.632. The lowest BCUT2D eigenvalue weighted by Gasteiger charge is -2.20. The third kappa shape index (κ3) is 4.02. The lowest BCUT2D eigenvalue weighted by Crippen LogP contribution is -2.10. The number of benzene rings is 2. The van der Waals surface area contributed by atoms with Crippen molar-refractivity contribution in [2.45, 2.75) is 20.0 Å². The number of hydrogen-bond donors (Lipinski definition) is 0. The molecule has 0 aliphatic carbocycles. The van der Waals surface area contributed by atoms with E-state index in [-0.39, 0.29) is 0 Å². The Morgan fingerprint density at radius 2 is 1.20 bits per heavy atom. The zero-order valence-electron chi connectivity index (χ0n) is 11.8. The van der Waals surface area contributed by atoms with Crippen LogP contribution in [0.25, 0.3) is 0 Å². The third-order valence-electron chi connectivity index (χ3n) is 2.73. The average Bonchev–Trinajstić information content (AvgIpc) is 2.49. The normalized spacial score (nSPS) is 10.5. The molecule has 0 aromatic heterocycles. The predicted molar refractivity (Wildman–Crippen MR) is 77.3 cm³/mol. The summed E-state index contributed by atoms with van der Waals surface area (Å²) in [5.41, 5.74) is 1.01. The van der Waals surface area contributed by atoms with E-state index in [0.717, 1.165) is 17.8 Å². The van der Waals surface area contributed by atoms with Gasteiger partial charge in [0.05, 0.1) is 5.56 Å². The van der Waals surface area contributed by atoms with Crippen molar-refractivity contribution >= 4 is 11.4 Å². The Kier molecular flexibility index (Phi) is 5.62. The molecule has 0 aliphatic rings. The highest BCUT2D eigenvalue weighted by molar-refractivity contribution is 5.62. The molecule has 20 heavy (non-hydrogen) atoms. The van der Waals surface area contributed by atoms with Crippen LogP contribution < -0.4 is 4.90 Å². The van der Waals surface area contributed by atoms with Crippen LogP contribution in [0.5, 0.6) is 0 Å². The van der Waals surface area contributed by atoms with Crippen LogP contribution in [0.1, 0.15) is 19.4 Å². The summed E-state index contributed by atoms with van der Waals surface area (Å²) < 4.78 is 37.3. The molecule has 2 aromatic rings. The van der Waals surface area contributed by atoms with Crippen LogP contribution in [-0.4, -0.2) is 7.05 Å². The second-order valence-corrected chi connectivity index (χ2v) is 3.94. The van der Waals surface area contributed by atoms with Gasteiger partial charge in [-0.1, -0.05) is 32.0 Å². The van der Waals surface area contributed by atoms with E-state index in [1.807, 2.05) is 56.1 Å². The Balaban J connectivity index is 0.000000956. The van der Waals surface area contributed by atoms with Gasteiger partial charge in [0, 0.05) is 18.4 Å². The Morgan fingerprint density at radius 1 is 0.750 bits per heavy atom. The second-order valence-electron chi connectivity index (χ2n) is 3.94. The van der Waals surface area contributed by atoms with Crippen molar-refractivity contribution < 1.29 is 13.2 Å². The average molecular weight is 281 g/mol. The molecule has 0 bridgehead atoms. The highest BCUT2D eigenvalue weighted by Gasteiger charge is 2.30. The van der Waals surface area contributed by atoms with Crippen molar-refractivity contribution in [1.82, 2.24) is 0 Å². The van der Waals surface area contributed by atoms with Crippen molar-refractivity contribution in [3.63, 3.8) is 0 Å². The monoisotopic (exact) mass is 281 g/mol. The maximum atomic E-state index is 12.4. The maximum Gasteiger partial charge on any atom is 0.416 e. The van der Waals surface area contributed by atoms with E-state index in [1.165, 1.54) is 12.1 Å². The molecule has 0 radical (unpaired) electrons. The molecular formula is C16H18F3N. The van der Waals surface area contributed by atoms with Crippen molar-refractivity contribution in [3.05, 3.63) is 60.2 Å². The van der Waals surface area contributed by atoms with Crippen LogP contribution in [-0.2, 0) is 6.18 Å². The number of halogens is 3. The largest absolute Gasteiger partial charge is 0.416 e. The first-order chi connectivity index (χ1) is 9.48. The fourth-order valence-corrected chi connectivity index (χ4v) is 1.67. The van der Waals surface area contributed by atoms with E-state index in [9.17, 15) is 13.2 Å². The van der Waals surface area contributed by atoms with Gasteiger partial charge in [-0.3, -0.25) is 0 Å². The minimum atomic E-state index is -4.29. The second kappa shape index (κ2) is 6.98. The number of nitrogens with zero attached hydrogens (tertiary/aromatic N) is 1. The molecule has 0 aliphatic heterocycles. The van der Waals surface area contributed by atoms with Gasteiger partial charge in [0.15, 0.2) is 0 Å². The third-order valence-corrected chi connectivity index (χ3v) is 2.73. The molecule has 0 heterocycles. The maximum absolute atomic E-state index is 12.4. The summed E-state index contributed by atoms with van der Waals surface area (Å²) in [6, 6.07) is 14.6. The highest BCUT2D eigenvalue weighted by atomic mass is 19.4. The fourth-order valence-electron chi connectivity index (χ4n) is 1.67. The van der Waals surface area contributed by atoms with Gasteiger partial charge >= 0.3 is 6.18 Å². The Hall–Kier alpha value is -1.97. The molecule has 4 heteroatoms. The van der Waals surface area contributed by atoms with Gasteiger partial charge in [-0.2, -0.15) is 13.2 Å². The number of alkyl halides is 3. The molecule has 0 atom stereocenters. The van der Waals surface area contributed by atoms with Crippen LogP contribution in [0.4, 0.5) is 24.5 Å². The first-order valence-electron chi connectivity index (χ1n) is 6.44. The fraction of sp³-hybridized carbons (Fsp3) is 0.250. The van der Waals surface area contributed by atoms with Crippen LogP contribution in [0.2, 0.25) is 0 Å². The van der Waals surface area contributed by atoms with Gasteiger partial charge in [-0.15, -0.1) is 0 Å². The van der Waals surface area contributed by atoms with E-state index in [0.29, 0.717) is 5.69 Å². The predicted octanol–water partition coefficient (Wildman–Crippen LogP) is 5.50. The number of rotatable bonds is 2. The summed E-state index contributed by atoms with van der Waals surface area (Å²) in [5, 5.41) is 0. The number of hydrogen-bond acceptors (Lipinski definition) is 1. The van der Waals surface area contributed by atoms with Crippen LogP contribution in [0.15, 0.2) is 54.6 Å². The standard InChI is InChI=1S/C14H12F3N.C2H6/c1-18(12-5-3-2-4-6-12)13-9-7-11(8-10-13)14(15,16)17;1-2/h2-10H,1H3;1-2H3. The molecule has 0 fully saturated rings. The molecule has 2 aromatic carbocycles. The topological polar surface area (TPSA) is 3.24 Å². The zero-order chi connectivity index (χ0) is 15.2. The Labute approximate surface area is 117 Å². The van der Waals surface area contributed by atoms with E-state index in [4.69, 9.17) is 0 Å². The highest BCUT2D eigenvalue weighted by Crippen LogP contribution is 2.31. The minimum Gasteiger partial charge on any atom is -0.345 e. The van der Waals surface area contributed by atoms with Crippen molar-refractivity contribution in [1.29, 1.82) is 0 Å². The van der Waals surface area contributed by atoms with Crippen molar-refractivity contribution in [2.75, 3.05) is 11.9 Å².